The number of nitriles is 1. The van der Waals surface area contributed by atoms with Crippen LogP contribution in [0.4, 0.5) is 20.1 Å². The third-order valence-electron chi connectivity index (χ3n) is 7.49. The lowest BCUT2D eigenvalue weighted by atomic mass is 10.1. The van der Waals surface area contributed by atoms with Gasteiger partial charge in [0.25, 0.3) is 5.91 Å². The maximum atomic E-state index is 13.5. The molecule has 12 nitrogen and oxygen atoms in total. The van der Waals surface area contributed by atoms with Crippen LogP contribution < -0.4 is 10.2 Å². The second-order valence-corrected chi connectivity index (χ2v) is 13.1. The molecular weight excluding hydrogens is 621 g/mol. The van der Waals surface area contributed by atoms with Crippen LogP contribution in [-0.4, -0.2) is 73.0 Å². The standard InChI is InChI=1S/C33H32FN9O3S/c1-6-24-30(41(5)31-40-27(25(13-35)47-31)19-7-10-22(34)11-8-19)43-16-20(9-12-26(43)39-24)21-14-36-28(37-15-21)29(44)38-23-17-42(18-23)32(45)46-33(2,3)4/h7-12,14-16,23H,6,17-18H2,1-5H3,(H,38,44). The number of ether oxygens (including phenoxy) is 1. The van der Waals surface area contributed by atoms with Crippen LogP contribution in [0.25, 0.3) is 28.0 Å². The molecule has 0 radical (unpaired) electrons. The van der Waals surface area contributed by atoms with Crippen molar-refractivity contribution < 1.29 is 18.7 Å². The molecule has 1 aliphatic heterocycles. The van der Waals surface area contributed by atoms with Crippen molar-refractivity contribution in [3.8, 4) is 28.5 Å². The van der Waals surface area contributed by atoms with Gasteiger partial charge in [0.1, 0.15) is 39.5 Å². The van der Waals surface area contributed by atoms with Gasteiger partial charge in [-0.25, -0.2) is 29.1 Å². The van der Waals surface area contributed by atoms with Gasteiger partial charge >= 0.3 is 6.09 Å². The number of carbonyl (C=O) groups excluding carboxylic acids is 2. The molecule has 0 bridgehead atoms. The van der Waals surface area contributed by atoms with Crippen molar-refractivity contribution in [2.75, 3.05) is 25.0 Å². The van der Waals surface area contributed by atoms with Gasteiger partial charge in [-0.3, -0.25) is 9.20 Å². The number of aromatic nitrogens is 5. The first kappa shape index (κ1) is 31.6. The predicted octanol–water partition coefficient (Wildman–Crippen LogP) is 5.60. The molecule has 1 N–H and O–H groups in total. The highest BCUT2D eigenvalue weighted by molar-refractivity contribution is 7.16. The Balaban J connectivity index is 1.21. The Bertz CT molecular complexity index is 2000. The summed E-state index contributed by atoms with van der Waals surface area (Å²) in [5, 5.41) is 13.3. The molecule has 14 heteroatoms. The lowest BCUT2D eigenvalue weighted by Gasteiger charge is -2.39. The minimum atomic E-state index is -0.584. The quantitative estimate of drug-likeness (QED) is 0.237. The lowest BCUT2D eigenvalue weighted by molar-refractivity contribution is 0.00528. The van der Waals surface area contributed by atoms with Gasteiger partial charge in [0.05, 0.1) is 11.7 Å². The van der Waals surface area contributed by atoms with Crippen LogP contribution in [0.1, 0.15) is 48.9 Å². The second kappa shape index (κ2) is 12.4. The highest BCUT2D eigenvalue weighted by Crippen LogP contribution is 2.37. The Hall–Kier alpha value is -5.42. The lowest BCUT2D eigenvalue weighted by Crippen LogP contribution is -2.61. The maximum absolute atomic E-state index is 13.5. The molecule has 0 spiro atoms. The zero-order valence-corrected chi connectivity index (χ0v) is 27.3. The highest BCUT2D eigenvalue weighted by atomic mass is 32.1. The summed E-state index contributed by atoms with van der Waals surface area (Å²) in [7, 11) is 1.87. The number of aryl methyl sites for hydroxylation is 1. The van der Waals surface area contributed by atoms with Gasteiger partial charge in [-0.15, -0.1) is 0 Å². The molecule has 6 rings (SSSR count). The van der Waals surface area contributed by atoms with E-state index in [-0.39, 0.29) is 17.7 Å². The molecule has 4 aromatic heterocycles. The summed E-state index contributed by atoms with van der Waals surface area (Å²) < 4.78 is 20.8. The minimum absolute atomic E-state index is 0.0240. The van der Waals surface area contributed by atoms with Crippen molar-refractivity contribution >= 4 is 39.9 Å². The molecule has 0 aliphatic carbocycles. The number of imidazole rings is 1. The number of anilines is 2. The Morgan fingerprint density at radius 2 is 1.77 bits per heavy atom. The van der Waals surface area contributed by atoms with Gasteiger partial charge in [-0.05, 0) is 63.6 Å². The Morgan fingerprint density at radius 1 is 1.09 bits per heavy atom. The van der Waals surface area contributed by atoms with Crippen LogP contribution in [-0.2, 0) is 11.2 Å². The number of likely N-dealkylation sites (tertiary alicyclic amines) is 1. The number of benzene rings is 1. The van der Waals surface area contributed by atoms with E-state index in [0.717, 1.165) is 22.7 Å². The van der Waals surface area contributed by atoms with E-state index >= 15 is 0 Å². The maximum Gasteiger partial charge on any atom is 0.410 e. The van der Waals surface area contributed by atoms with E-state index < -0.39 is 17.6 Å². The molecule has 2 amide bonds. The number of pyridine rings is 1. The van der Waals surface area contributed by atoms with E-state index in [1.54, 1.807) is 45.3 Å². The van der Waals surface area contributed by atoms with Crippen LogP contribution in [0.5, 0.6) is 0 Å². The molecule has 0 atom stereocenters. The van der Waals surface area contributed by atoms with Crippen molar-refractivity contribution in [2.45, 2.75) is 45.8 Å². The van der Waals surface area contributed by atoms with Crippen LogP contribution in [0.2, 0.25) is 0 Å². The number of hydrogen-bond acceptors (Lipinski definition) is 10. The Morgan fingerprint density at radius 3 is 2.40 bits per heavy atom. The fourth-order valence-electron chi connectivity index (χ4n) is 5.16. The molecule has 0 saturated carbocycles. The van der Waals surface area contributed by atoms with Crippen molar-refractivity contribution in [1.82, 2.24) is 34.6 Å². The Kier molecular flexibility index (Phi) is 8.33. The molecular formula is C33H32FN9O3S. The normalized spacial score (nSPS) is 13.3. The topological polar surface area (TPSA) is 142 Å². The smallest absolute Gasteiger partial charge is 0.410 e. The summed E-state index contributed by atoms with van der Waals surface area (Å²) in [6, 6.07) is 11.7. The van der Waals surface area contributed by atoms with Crippen molar-refractivity contribution in [3.63, 3.8) is 0 Å². The van der Waals surface area contributed by atoms with Crippen molar-refractivity contribution in [1.29, 1.82) is 5.26 Å². The van der Waals surface area contributed by atoms with E-state index in [9.17, 15) is 19.2 Å². The van der Waals surface area contributed by atoms with Crippen LogP contribution in [0, 0.1) is 17.1 Å². The number of rotatable bonds is 7. The van der Waals surface area contributed by atoms with Crippen molar-refractivity contribution in [3.05, 3.63) is 77.2 Å². The van der Waals surface area contributed by atoms with E-state index in [1.807, 2.05) is 41.6 Å². The summed E-state index contributed by atoms with van der Waals surface area (Å²) in [5.74, 6) is 0.0215. The largest absolute Gasteiger partial charge is 0.444 e. The van der Waals surface area contributed by atoms with Crippen LogP contribution >= 0.6 is 11.3 Å². The van der Waals surface area contributed by atoms with Gasteiger partial charge in [0.2, 0.25) is 5.82 Å². The predicted molar refractivity (Wildman–Crippen MR) is 175 cm³/mol. The molecule has 47 heavy (non-hydrogen) atoms. The zero-order valence-electron chi connectivity index (χ0n) is 26.5. The van der Waals surface area contributed by atoms with E-state index in [0.29, 0.717) is 46.3 Å². The highest BCUT2D eigenvalue weighted by Gasteiger charge is 2.35. The fraction of sp³-hybridized carbons (Fsp3) is 0.303. The average molecular weight is 654 g/mol. The monoisotopic (exact) mass is 653 g/mol. The first-order chi connectivity index (χ1) is 22.4. The molecule has 1 aromatic carbocycles. The van der Waals surface area contributed by atoms with Gasteiger partial charge in [-0.1, -0.05) is 18.3 Å². The number of thiazole rings is 1. The van der Waals surface area contributed by atoms with E-state index in [1.165, 1.54) is 28.4 Å². The summed E-state index contributed by atoms with van der Waals surface area (Å²) in [6.45, 7) is 8.14. The van der Waals surface area contributed by atoms with Gasteiger partial charge < -0.3 is 19.9 Å². The summed E-state index contributed by atoms with van der Waals surface area (Å²) in [5.41, 5.74) is 3.62. The van der Waals surface area contributed by atoms with E-state index in [2.05, 4.69) is 21.4 Å². The van der Waals surface area contributed by atoms with Gasteiger partial charge in [-0.2, -0.15) is 5.26 Å². The summed E-state index contributed by atoms with van der Waals surface area (Å²) >= 11 is 1.25. The van der Waals surface area contributed by atoms with Crippen LogP contribution in [0.3, 0.4) is 0 Å². The molecule has 5 aromatic rings. The number of nitrogens with one attached hydrogen (secondary N) is 1. The number of amides is 2. The van der Waals surface area contributed by atoms with Crippen LogP contribution in [0.15, 0.2) is 55.0 Å². The third-order valence-corrected chi connectivity index (χ3v) is 8.53. The second-order valence-electron chi connectivity index (χ2n) is 12.1. The summed E-state index contributed by atoms with van der Waals surface area (Å²) in [4.78, 5) is 47.0. The van der Waals surface area contributed by atoms with Crippen molar-refractivity contribution in [2.24, 2.45) is 0 Å². The number of carbonyl (C=O) groups is 2. The SMILES string of the molecule is CCc1nc2ccc(-c3cnc(C(=O)NC4CN(C(=O)OC(C)(C)C)C4)nc3)cn2c1N(C)c1nc(-c2ccc(F)cc2)c(C#N)s1. The minimum Gasteiger partial charge on any atom is -0.444 e. The third kappa shape index (κ3) is 6.48. The molecule has 5 heterocycles. The number of hydrogen-bond donors (Lipinski definition) is 1. The molecule has 1 fully saturated rings. The first-order valence-electron chi connectivity index (χ1n) is 15.0. The molecule has 1 saturated heterocycles. The Labute approximate surface area is 274 Å². The van der Waals surface area contributed by atoms with E-state index in [4.69, 9.17) is 14.7 Å². The molecule has 240 valence electrons. The first-order valence-corrected chi connectivity index (χ1v) is 15.8. The fourth-order valence-corrected chi connectivity index (χ4v) is 6.00. The average Bonchev–Trinajstić information content (AvgIpc) is 3.63. The summed E-state index contributed by atoms with van der Waals surface area (Å²) in [6.07, 6.45) is 5.35. The van der Waals surface area contributed by atoms with Gasteiger partial charge in [0.15, 0.2) is 5.13 Å². The number of nitrogens with zero attached hydrogens (tertiary/aromatic N) is 8. The number of fused-ring (bicyclic) bond motifs is 1. The molecule has 1 aliphatic rings. The molecule has 0 unspecified atom stereocenters. The zero-order chi connectivity index (χ0) is 33.5. The van der Waals surface area contributed by atoms with Gasteiger partial charge in [0, 0.05) is 55.4 Å². The number of halogens is 1.